The van der Waals surface area contributed by atoms with E-state index in [0.29, 0.717) is 12.0 Å². The third-order valence-corrected chi connectivity index (χ3v) is 2.26. The highest BCUT2D eigenvalue weighted by molar-refractivity contribution is 5.73. The van der Waals surface area contributed by atoms with Gasteiger partial charge in [-0.3, -0.25) is 9.78 Å². The predicted octanol–water partition coefficient (Wildman–Crippen LogP) is 2.62. The van der Waals surface area contributed by atoms with E-state index >= 15 is 0 Å². The summed E-state index contributed by atoms with van der Waals surface area (Å²) in [7, 11) is 0. The van der Waals surface area contributed by atoms with Crippen molar-refractivity contribution in [2.75, 3.05) is 0 Å². The highest BCUT2D eigenvalue weighted by atomic mass is 19.1. The van der Waals surface area contributed by atoms with Crippen molar-refractivity contribution < 1.29 is 9.18 Å². The summed E-state index contributed by atoms with van der Waals surface area (Å²) in [6.07, 6.45) is 2.83. The molecule has 0 aliphatic carbocycles. The van der Waals surface area contributed by atoms with Crippen molar-refractivity contribution in [2.45, 2.75) is 6.42 Å². The quantitative estimate of drug-likeness (QED) is 0.737. The summed E-state index contributed by atoms with van der Waals surface area (Å²) in [5.74, 6) is -0.248. The van der Waals surface area contributed by atoms with Crippen LogP contribution in [0.1, 0.15) is 21.6 Å². The Balaban J connectivity index is 2.17. The molecule has 0 saturated carbocycles. The molecular formula is C13H10FNO. The van der Waals surface area contributed by atoms with Gasteiger partial charge >= 0.3 is 0 Å². The molecule has 1 heterocycles. The summed E-state index contributed by atoms with van der Waals surface area (Å²) >= 11 is 0. The van der Waals surface area contributed by atoms with E-state index < -0.39 is 0 Å². The number of benzene rings is 1. The number of carbonyl (C=O) groups is 1. The maximum absolute atomic E-state index is 12.9. The van der Waals surface area contributed by atoms with Gasteiger partial charge in [-0.25, -0.2) is 4.39 Å². The van der Waals surface area contributed by atoms with E-state index in [1.807, 2.05) is 6.07 Å². The first-order valence-corrected chi connectivity index (χ1v) is 4.92. The molecule has 1 aromatic heterocycles. The molecule has 2 nitrogen and oxygen atoms in total. The lowest BCUT2D eigenvalue weighted by molar-refractivity contribution is 0.112. The summed E-state index contributed by atoms with van der Waals surface area (Å²) in [4.78, 5) is 14.6. The van der Waals surface area contributed by atoms with Crippen LogP contribution in [0.15, 0.2) is 42.6 Å². The van der Waals surface area contributed by atoms with Crippen LogP contribution in [0.25, 0.3) is 0 Å². The zero-order chi connectivity index (χ0) is 11.4. The number of hydrogen-bond donors (Lipinski definition) is 0. The summed E-state index contributed by atoms with van der Waals surface area (Å²) in [5.41, 5.74) is 2.23. The largest absolute Gasteiger partial charge is 0.298 e. The molecule has 0 bridgehead atoms. The zero-order valence-electron chi connectivity index (χ0n) is 8.56. The van der Waals surface area contributed by atoms with E-state index in [2.05, 4.69) is 4.98 Å². The van der Waals surface area contributed by atoms with Crippen LogP contribution < -0.4 is 0 Å². The van der Waals surface area contributed by atoms with E-state index in [1.54, 1.807) is 18.2 Å². The van der Waals surface area contributed by atoms with Crippen molar-refractivity contribution >= 4 is 6.29 Å². The molecule has 1 aromatic carbocycles. The summed E-state index contributed by atoms with van der Waals surface area (Å²) in [6.45, 7) is 0. The lowest BCUT2D eigenvalue weighted by Gasteiger charge is -2.01. The minimum absolute atomic E-state index is 0.248. The van der Waals surface area contributed by atoms with Gasteiger partial charge in [0.1, 0.15) is 5.82 Å². The van der Waals surface area contributed by atoms with Crippen molar-refractivity contribution in [3.63, 3.8) is 0 Å². The standard InChI is InChI=1S/C13H10FNO/c14-12-3-1-2-10(6-12)7-13-5-4-11(9-16)8-15-13/h1-6,8-9H,7H2. The van der Waals surface area contributed by atoms with Crippen molar-refractivity contribution in [2.24, 2.45) is 0 Å². The molecule has 3 heteroatoms. The maximum Gasteiger partial charge on any atom is 0.151 e. The minimum Gasteiger partial charge on any atom is -0.298 e. The lowest BCUT2D eigenvalue weighted by atomic mass is 10.1. The van der Waals surface area contributed by atoms with Crippen LogP contribution >= 0.6 is 0 Å². The number of hydrogen-bond acceptors (Lipinski definition) is 2. The van der Waals surface area contributed by atoms with Crippen molar-refractivity contribution in [3.8, 4) is 0 Å². The number of nitrogens with zero attached hydrogens (tertiary/aromatic N) is 1. The molecule has 0 N–H and O–H groups in total. The number of pyridine rings is 1. The molecule has 0 aliphatic heterocycles. The number of rotatable bonds is 3. The van der Waals surface area contributed by atoms with Crippen molar-refractivity contribution in [1.82, 2.24) is 4.98 Å². The van der Waals surface area contributed by atoms with Crippen LogP contribution in [0.3, 0.4) is 0 Å². The van der Waals surface area contributed by atoms with Crippen LogP contribution in [0.4, 0.5) is 4.39 Å². The van der Waals surface area contributed by atoms with Gasteiger partial charge in [-0.2, -0.15) is 0 Å². The number of aldehydes is 1. The van der Waals surface area contributed by atoms with Crippen LogP contribution in [0.2, 0.25) is 0 Å². The zero-order valence-corrected chi connectivity index (χ0v) is 8.56. The van der Waals surface area contributed by atoms with Gasteiger partial charge in [0.15, 0.2) is 6.29 Å². The van der Waals surface area contributed by atoms with Gasteiger partial charge in [0.05, 0.1) is 0 Å². The Morgan fingerprint density at radius 1 is 1.25 bits per heavy atom. The molecule has 0 aliphatic rings. The molecule has 0 unspecified atom stereocenters. The first-order chi connectivity index (χ1) is 7.78. The maximum atomic E-state index is 12.9. The average molecular weight is 215 g/mol. The molecule has 0 spiro atoms. The SMILES string of the molecule is O=Cc1ccc(Cc2cccc(F)c2)nc1. The van der Waals surface area contributed by atoms with Crippen LogP contribution in [0.5, 0.6) is 0 Å². The summed E-state index contributed by atoms with van der Waals surface area (Å²) < 4.78 is 12.9. The number of aromatic nitrogens is 1. The van der Waals surface area contributed by atoms with Gasteiger partial charge in [-0.05, 0) is 29.8 Å². The molecule has 16 heavy (non-hydrogen) atoms. The van der Waals surface area contributed by atoms with E-state index in [-0.39, 0.29) is 5.82 Å². The average Bonchev–Trinajstić information content (AvgIpc) is 2.30. The second-order valence-corrected chi connectivity index (χ2v) is 3.51. The Kier molecular flexibility index (Phi) is 3.05. The number of carbonyl (C=O) groups excluding carboxylic acids is 1. The Hall–Kier alpha value is -2.03. The second-order valence-electron chi connectivity index (χ2n) is 3.51. The molecular weight excluding hydrogens is 205 g/mol. The third-order valence-electron chi connectivity index (χ3n) is 2.26. The van der Waals surface area contributed by atoms with E-state index in [0.717, 1.165) is 17.5 Å². The highest BCUT2D eigenvalue weighted by Gasteiger charge is 1.99. The molecule has 0 fully saturated rings. The second kappa shape index (κ2) is 4.66. The normalized spacial score (nSPS) is 10.1. The van der Waals surface area contributed by atoms with Crippen molar-refractivity contribution in [3.05, 3.63) is 65.2 Å². The summed E-state index contributed by atoms with van der Waals surface area (Å²) in [6, 6.07) is 9.88. The highest BCUT2D eigenvalue weighted by Crippen LogP contribution is 2.09. The van der Waals surface area contributed by atoms with Crippen LogP contribution in [-0.4, -0.2) is 11.3 Å². The van der Waals surface area contributed by atoms with E-state index in [4.69, 9.17) is 0 Å². The molecule has 80 valence electrons. The van der Waals surface area contributed by atoms with Gasteiger partial charge in [0, 0.05) is 23.9 Å². The minimum atomic E-state index is -0.248. The third kappa shape index (κ3) is 2.51. The smallest absolute Gasteiger partial charge is 0.151 e. The number of halogens is 1. The van der Waals surface area contributed by atoms with Crippen LogP contribution in [-0.2, 0) is 6.42 Å². The fourth-order valence-electron chi connectivity index (χ4n) is 1.47. The first kappa shape index (κ1) is 10.5. The molecule has 0 atom stereocenters. The van der Waals surface area contributed by atoms with Crippen LogP contribution in [0, 0.1) is 5.82 Å². The van der Waals surface area contributed by atoms with Crippen molar-refractivity contribution in [1.29, 1.82) is 0 Å². The first-order valence-electron chi connectivity index (χ1n) is 4.92. The Bertz CT molecular complexity index is 494. The Labute approximate surface area is 92.8 Å². The van der Waals surface area contributed by atoms with E-state index in [1.165, 1.54) is 18.3 Å². The van der Waals surface area contributed by atoms with E-state index in [9.17, 15) is 9.18 Å². The molecule has 2 aromatic rings. The predicted molar refractivity (Wildman–Crippen MR) is 58.8 cm³/mol. The topological polar surface area (TPSA) is 30.0 Å². The Morgan fingerprint density at radius 2 is 2.12 bits per heavy atom. The van der Waals surface area contributed by atoms with Gasteiger partial charge in [0.2, 0.25) is 0 Å². The molecule has 2 rings (SSSR count). The molecule has 0 amide bonds. The molecule has 0 saturated heterocycles. The Morgan fingerprint density at radius 3 is 2.75 bits per heavy atom. The lowest BCUT2D eigenvalue weighted by Crippen LogP contribution is -1.93. The fraction of sp³-hybridized carbons (Fsp3) is 0.0769. The van der Waals surface area contributed by atoms with Gasteiger partial charge in [-0.15, -0.1) is 0 Å². The van der Waals surface area contributed by atoms with Gasteiger partial charge in [0.25, 0.3) is 0 Å². The summed E-state index contributed by atoms with van der Waals surface area (Å²) in [5, 5.41) is 0. The van der Waals surface area contributed by atoms with Gasteiger partial charge < -0.3 is 0 Å². The monoisotopic (exact) mass is 215 g/mol. The van der Waals surface area contributed by atoms with Gasteiger partial charge in [-0.1, -0.05) is 12.1 Å². The fourth-order valence-corrected chi connectivity index (χ4v) is 1.47. The molecule has 0 radical (unpaired) electrons.